The molecule has 0 aromatic carbocycles. The Hall–Kier alpha value is -2.31. The van der Waals surface area contributed by atoms with E-state index in [0.717, 1.165) is 17.2 Å². The van der Waals surface area contributed by atoms with Gasteiger partial charge in [0.1, 0.15) is 5.82 Å². The van der Waals surface area contributed by atoms with Crippen LogP contribution in [-0.2, 0) is 0 Å². The van der Waals surface area contributed by atoms with Gasteiger partial charge in [0.25, 0.3) is 5.78 Å². The second kappa shape index (κ2) is 3.59. The average molecular weight is 255 g/mol. The molecule has 7 heteroatoms. The van der Waals surface area contributed by atoms with Crippen LogP contribution < -0.4 is 0 Å². The number of aromatic nitrogens is 7. The van der Waals surface area contributed by atoms with Gasteiger partial charge in [0.15, 0.2) is 0 Å². The maximum absolute atomic E-state index is 4.51. The summed E-state index contributed by atoms with van der Waals surface area (Å²) in [6.45, 7) is 3.95. The van der Waals surface area contributed by atoms with Crippen molar-refractivity contribution in [3.05, 3.63) is 23.3 Å². The second-order valence-electron chi connectivity index (χ2n) is 5.02. The summed E-state index contributed by atoms with van der Waals surface area (Å²) >= 11 is 0. The highest BCUT2D eigenvalue weighted by atomic mass is 15.3. The molecule has 0 spiro atoms. The molecular formula is C12H13N7. The Morgan fingerprint density at radius 1 is 1.21 bits per heavy atom. The van der Waals surface area contributed by atoms with Crippen LogP contribution in [0.15, 0.2) is 6.07 Å². The molecule has 0 radical (unpaired) electrons. The van der Waals surface area contributed by atoms with E-state index in [-0.39, 0.29) is 0 Å². The lowest BCUT2D eigenvalue weighted by Crippen LogP contribution is -1.99. The largest absolute Gasteiger partial charge is 0.262 e. The second-order valence-corrected chi connectivity index (χ2v) is 5.02. The van der Waals surface area contributed by atoms with Crippen LogP contribution in [0.3, 0.4) is 0 Å². The first kappa shape index (κ1) is 10.6. The summed E-state index contributed by atoms with van der Waals surface area (Å²) in [7, 11) is 0. The highest BCUT2D eigenvalue weighted by Crippen LogP contribution is 2.38. The van der Waals surface area contributed by atoms with Crippen molar-refractivity contribution in [3.8, 4) is 11.6 Å². The van der Waals surface area contributed by atoms with E-state index in [9.17, 15) is 0 Å². The summed E-state index contributed by atoms with van der Waals surface area (Å²) in [6.07, 6.45) is 2.38. The van der Waals surface area contributed by atoms with Crippen LogP contribution in [0.5, 0.6) is 0 Å². The number of fused-ring (bicyclic) bond motifs is 1. The van der Waals surface area contributed by atoms with Crippen molar-refractivity contribution in [2.45, 2.75) is 32.6 Å². The monoisotopic (exact) mass is 255 g/mol. The highest BCUT2D eigenvalue weighted by molar-refractivity contribution is 5.50. The quantitative estimate of drug-likeness (QED) is 0.748. The zero-order chi connectivity index (χ0) is 13.0. The van der Waals surface area contributed by atoms with Gasteiger partial charge in [-0.05, 0) is 32.8 Å². The standard InChI is InChI=1S/C12H13N7/c1-6-5-7(2)19-11(17-18-12(19)13-6)10-14-9(15-16-10)8-3-4-8/h5,8H,3-4H2,1-2H3,(H,14,15,16). The molecule has 96 valence electrons. The molecule has 4 rings (SSSR count). The number of aryl methyl sites for hydroxylation is 2. The first-order valence-electron chi connectivity index (χ1n) is 6.34. The minimum atomic E-state index is 0.543. The van der Waals surface area contributed by atoms with E-state index < -0.39 is 0 Å². The fourth-order valence-corrected chi connectivity index (χ4v) is 2.29. The first-order chi connectivity index (χ1) is 9.22. The lowest BCUT2D eigenvalue weighted by molar-refractivity contribution is 0.934. The molecule has 1 saturated carbocycles. The first-order valence-corrected chi connectivity index (χ1v) is 6.34. The number of H-pyrrole nitrogens is 1. The molecule has 3 aromatic heterocycles. The van der Waals surface area contributed by atoms with Gasteiger partial charge in [-0.2, -0.15) is 0 Å². The molecule has 7 nitrogen and oxygen atoms in total. The molecular weight excluding hydrogens is 242 g/mol. The number of hydrogen-bond acceptors (Lipinski definition) is 5. The van der Waals surface area contributed by atoms with Gasteiger partial charge in [0.05, 0.1) is 0 Å². The highest BCUT2D eigenvalue weighted by Gasteiger charge is 2.28. The number of nitrogens with one attached hydrogen (secondary N) is 1. The van der Waals surface area contributed by atoms with Gasteiger partial charge in [-0.1, -0.05) is 0 Å². The summed E-state index contributed by atoms with van der Waals surface area (Å²) < 4.78 is 1.88. The van der Waals surface area contributed by atoms with Gasteiger partial charge in [-0.25, -0.2) is 9.97 Å². The molecule has 3 aromatic rings. The molecule has 0 amide bonds. The van der Waals surface area contributed by atoms with Crippen molar-refractivity contribution in [2.24, 2.45) is 0 Å². The van der Waals surface area contributed by atoms with Crippen molar-refractivity contribution in [1.29, 1.82) is 0 Å². The van der Waals surface area contributed by atoms with E-state index in [4.69, 9.17) is 0 Å². The topological polar surface area (TPSA) is 84.7 Å². The SMILES string of the molecule is Cc1cc(C)n2c(-c3n[nH]c(C4CC4)n3)nnc2n1. The van der Waals surface area contributed by atoms with Crippen molar-refractivity contribution < 1.29 is 0 Å². The summed E-state index contributed by atoms with van der Waals surface area (Å²) in [6, 6.07) is 1.99. The summed E-state index contributed by atoms with van der Waals surface area (Å²) in [5.41, 5.74) is 1.96. The Morgan fingerprint density at radius 3 is 2.84 bits per heavy atom. The van der Waals surface area contributed by atoms with E-state index in [0.29, 0.717) is 23.3 Å². The fraction of sp³-hybridized carbons (Fsp3) is 0.417. The third-order valence-electron chi connectivity index (χ3n) is 3.36. The number of aromatic amines is 1. The van der Waals surface area contributed by atoms with E-state index in [1.807, 2.05) is 24.3 Å². The summed E-state index contributed by atoms with van der Waals surface area (Å²) in [5.74, 6) is 3.31. The van der Waals surface area contributed by atoms with Crippen LogP contribution in [-0.4, -0.2) is 34.8 Å². The molecule has 0 saturated heterocycles. The minimum Gasteiger partial charge on any atom is -0.262 e. The van der Waals surface area contributed by atoms with Gasteiger partial charge in [0, 0.05) is 17.3 Å². The molecule has 1 N–H and O–H groups in total. The minimum absolute atomic E-state index is 0.543. The van der Waals surface area contributed by atoms with Crippen molar-refractivity contribution >= 4 is 5.78 Å². The van der Waals surface area contributed by atoms with Crippen LogP contribution in [0.2, 0.25) is 0 Å². The number of nitrogens with zero attached hydrogens (tertiary/aromatic N) is 6. The normalized spacial score (nSPS) is 15.3. The van der Waals surface area contributed by atoms with Crippen LogP contribution in [0.4, 0.5) is 0 Å². The summed E-state index contributed by atoms with van der Waals surface area (Å²) in [4.78, 5) is 8.87. The Bertz CT molecular complexity index is 766. The predicted octanol–water partition coefficient (Wildman–Crippen LogP) is 1.40. The lowest BCUT2D eigenvalue weighted by atomic mass is 10.3. The fourth-order valence-electron chi connectivity index (χ4n) is 2.29. The van der Waals surface area contributed by atoms with E-state index >= 15 is 0 Å². The van der Waals surface area contributed by atoms with E-state index in [1.54, 1.807) is 0 Å². The van der Waals surface area contributed by atoms with Crippen molar-refractivity contribution in [1.82, 2.24) is 34.8 Å². The Morgan fingerprint density at radius 2 is 2.05 bits per heavy atom. The molecule has 0 atom stereocenters. The zero-order valence-corrected chi connectivity index (χ0v) is 10.8. The summed E-state index contributed by atoms with van der Waals surface area (Å²) in [5, 5.41) is 15.5. The van der Waals surface area contributed by atoms with Gasteiger partial charge >= 0.3 is 0 Å². The third-order valence-corrected chi connectivity index (χ3v) is 3.36. The Labute approximate surface area is 109 Å². The van der Waals surface area contributed by atoms with E-state index in [1.165, 1.54) is 12.8 Å². The van der Waals surface area contributed by atoms with Crippen LogP contribution >= 0.6 is 0 Å². The maximum atomic E-state index is 4.51. The molecule has 19 heavy (non-hydrogen) atoms. The van der Waals surface area contributed by atoms with Gasteiger partial charge in [-0.15, -0.1) is 15.3 Å². The van der Waals surface area contributed by atoms with Crippen LogP contribution in [0.1, 0.15) is 36.0 Å². The number of hydrogen-bond donors (Lipinski definition) is 1. The smallest absolute Gasteiger partial charge is 0.255 e. The Kier molecular flexibility index (Phi) is 2.01. The molecule has 1 aliphatic rings. The Balaban J connectivity index is 1.89. The van der Waals surface area contributed by atoms with Gasteiger partial charge < -0.3 is 0 Å². The molecule has 0 aliphatic heterocycles. The van der Waals surface area contributed by atoms with Crippen molar-refractivity contribution in [3.63, 3.8) is 0 Å². The maximum Gasteiger partial charge on any atom is 0.255 e. The molecule has 3 heterocycles. The van der Waals surface area contributed by atoms with E-state index in [2.05, 4.69) is 30.4 Å². The predicted molar refractivity (Wildman–Crippen MR) is 67.6 cm³/mol. The van der Waals surface area contributed by atoms with Crippen LogP contribution in [0, 0.1) is 13.8 Å². The molecule has 1 fully saturated rings. The molecule has 1 aliphatic carbocycles. The van der Waals surface area contributed by atoms with Gasteiger partial charge in [0.2, 0.25) is 11.6 Å². The molecule has 0 unspecified atom stereocenters. The van der Waals surface area contributed by atoms with Crippen molar-refractivity contribution in [2.75, 3.05) is 0 Å². The zero-order valence-electron chi connectivity index (χ0n) is 10.8. The molecule has 0 bridgehead atoms. The lowest BCUT2D eigenvalue weighted by Gasteiger charge is -2.01. The third kappa shape index (κ3) is 1.61. The average Bonchev–Trinajstić information content (AvgIpc) is 2.95. The van der Waals surface area contributed by atoms with Crippen LogP contribution in [0.25, 0.3) is 17.4 Å². The number of rotatable bonds is 2. The van der Waals surface area contributed by atoms with Gasteiger partial charge in [-0.3, -0.25) is 9.50 Å².